The van der Waals surface area contributed by atoms with E-state index in [0.29, 0.717) is 11.9 Å². The van der Waals surface area contributed by atoms with E-state index in [2.05, 4.69) is 52.8 Å². The molecule has 21 heavy (non-hydrogen) atoms. The van der Waals surface area contributed by atoms with Crippen LogP contribution < -0.4 is 15.1 Å². The van der Waals surface area contributed by atoms with E-state index < -0.39 is 0 Å². The molecule has 6 heteroatoms. The zero-order valence-electron chi connectivity index (χ0n) is 13.9. The summed E-state index contributed by atoms with van der Waals surface area (Å²) in [6, 6.07) is 0. The third-order valence-electron chi connectivity index (χ3n) is 4.50. The molecule has 0 aromatic carbocycles. The number of anilines is 3. The minimum atomic E-state index is 0.646. The van der Waals surface area contributed by atoms with Crippen molar-refractivity contribution in [3.63, 3.8) is 0 Å². The van der Waals surface area contributed by atoms with Gasteiger partial charge in [0.15, 0.2) is 0 Å². The molecule has 1 N–H and O–H groups in total. The highest BCUT2D eigenvalue weighted by Gasteiger charge is 2.25. The van der Waals surface area contributed by atoms with Crippen molar-refractivity contribution < 1.29 is 0 Å². The van der Waals surface area contributed by atoms with Crippen LogP contribution in [-0.4, -0.2) is 48.2 Å². The number of hydrogen-bond donors (Lipinski definition) is 1. The van der Waals surface area contributed by atoms with E-state index in [1.165, 1.54) is 6.42 Å². The first kappa shape index (κ1) is 15.8. The molecule has 0 aliphatic carbocycles. The van der Waals surface area contributed by atoms with Crippen LogP contribution >= 0.6 is 0 Å². The average molecular weight is 292 g/mol. The lowest BCUT2D eigenvalue weighted by atomic mass is 9.89. The number of hydrogen-bond acceptors (Lipinski definition) is 6. The molecule has 0 saturated carbocycles. The van der Waals surface area contributed by atoms with Crippen LogP contribution in [0.1, 0.15) is 34.1 Å². The first-order valence-corrected chi connectivity index (χ1v) is 8.02. The normalized spacial score (nSPS) is 22.2. The summed E-state index contributed by atoms with van der Waals surface area (Å²) < 4.78 is 0. The van der Waals surface area contributed by atoms with E-state index in [0.717, 1.165) is 44.0 Å². The molecule has 6 nitrogen and oxygen atoms in total. The van der Waals surface area contributed by atoms with Crippen LogP contribution in [-0.2, 0) is 0 Å². The van der Waals surface area contributed by atoms with Crippen molar-refractivity contribution in [3.05, 3.63) is 0 Å². The molecular formula is C15H28N6. The number of aromatic nitrogens is 3. The van der Waals surface area contributed by atoms with Gasteiger partial charge in [-0.3, -0.25) is 0 Å². The molecule has 1 aliphatic rings. The molecule has 1 saturated heterocycles. The Morgan fingerprint density at radius 2 is 1.86 bits per heavy atom. The molecule has 1 aromatic heterocycles. The molecule has 2 atom stereocenters. The van der Waals surface area contributed by atoms with Crippen molar-refractivity contribution in [1.82, 2.24) is 15.0 Å². The van der Waals surface area contributed by atoms with E-state index in [1.807, 2.05) is 7.05 Å². The quantitative estimate of drug-likeness (QED) is 0.898. The fourth-order valence-electron chi connectivity index (χ4n) is 2.70. The van der Waals surface area contributed by atoms with E-state index >= 15 is 0 Å². The Morgan fingerprint density at radius 3 is 2.43 bits per heavy atom. The van der Waals surface area contributed by atoms with Gasteiger partial charge in [0.2, 0.25) is 17.8 Å². The van der Waals surface area contributed by atoms with Crippen LogP contribution in [0, 0.1) is 11.8 Å². The summed E-state index contributed by atoms with van der Waals surface area (Å²) in [5.41, 5.74) is 0. The Hall–Kier alpha value is -1.59. The van der Waals surface area contributed by atoms with Crippen molar-refractivity contribution >= 4 is 17.8 Å². The molecule has 0 radical (unpaired) electrons. The van der Waals surface area contributed by atoms with E-state index in [-0.39, 0.29) is 0 Å². The minimum Gasteiger partial charge on any atom is -0.357 e. The van der Waals surface area contributed by atoms with Gasteiger partial charge in [-0.1, -0.05) is 13.8 Å². The van der Waals surface area contributed by atoms with E-state index in [4.69, 9.17) is 4.98 Å². The summed E-state index contributed by atoms with van der Waals surface area (Å²) in [6.45, 7) is 12.7. The third kappa shape index (κ3) is 3.54. The standard InChI is InChI=1S/C15H28N6/c1-6-20(7-2)14-17-13(16-5)18-15(19-14)21-9-8-11(3)12(4)10-21/h11-12H,6-10H2,1-5H3,(H,16,17,18,19). The lowest BCUT2D eigenvalue weighted by Crippen LogP contribution is -2.40. The second-order valence-corrected chi connectivity index (χ2v) is 5.87. The first-order valence-electron chi connectivity index (χ1n) is 8.02. The van der Waals surface area contributed by atoms with Crippen molar-refractivity contribution in [2.75, 3.05) is 48.3 Å². The van der Waals surface area contributed by atoms with Crippen molar-refractivity contribution in [2.24, 2.45) is 11.8 Å². The maximum absolute atomic E-state index is 4.70. The number of piperidine rings is 1. The summed E-state index contributed by atoms with van der Waals surface area (Å²) in [4.78, 5) is 18.2. The van der Waals surface area contributed by atoms with Gasteiger partial charge in [0.1, 0.15) is 0 Å². The highest BCUT2D eigenvalue weighted by molar-refractivity contribution is 5.45. The summed E-state index contributed by atoms with van der Waals surface area (Å²) >= 11 is 0. The predicted octanol–water partition coefficient (Wildman–Crippen LogP) is 2.24. The SMILES string of the molecule is CCN(CC)c1nc(NC)nc(N2CCC(C)C(C)C2)n1. The summed E-state index contributed by atoms with van der Waals surface area (Å²) in [5.74, 6) is 3.66. The fraction of sp³-hybridized carbons (Fsp3) is 0.800. The Labute approximate surface area is 128 Å². The lowest BCUT2D eigenvalue weighted by Gasteiger charge is -2.35. The Bertz CT molecular complexity index is 459. The van der Waals surface area contributed by atoms with Crippen LogP contribution in [0.25, 0.3) is 0 Å². The van der Waals surface area contributed by atoms with Crippen molar-refractivity contribution in [3.8, 4) is 0 Å². The zero-order chi connectivity index (χ0) is 15.4. The van der Waals surface area contributed by atoms with Crippen LogP contribution in [0.2, 0.25) is 0 Å². The summed E-state index contributed by atoms with van der Waals surface area (Å²) in [7, 11) is 1.85. The third-order valence-corrected chi connectivity index (χ3v) is 4.50. The Morgan fingerprint density at radius 1 is 1.14 bits per heavy atom. The number of nitrogens with one attached hydrogen (secondary N) is 1. The smallest absolute Gasteiger partial charge is 0.231 e. The molecular weight excluding hydrogens is 264 g/mol. The Balaban J connectivity index is 2.28. The second-order valence-electron chi connectivity index (χ2n) is 5.87. The molecule has 0 amide bonds. The van der Waals surface area contributed by atoms with Gasteiger partial charge in [0.25, 0.3) is 0 Å². The number of rotatable bonds is 5. The van der Waals surface area contributed by atoms with Crippen LogP contribution in [0.4, 0.5) is 17.8 Å². The zero-order valence-corrected chi connectivity index (χ0v) is 13.9. The molecule has 2 heterocycles. The van der Waals surface area contributed by atoms with Gasteiger partial charge < -0.3 is 15.1 Å². The van der Waals surface area contributed by atoms with Gasteiger partial charge in [0, 0.05) is 33.2 Å². The molecule has 118 valence electrons. The largest absolute Gasteiger partial charge is 0.357 e. The van der Waals surface area contributed by atoms with Crippen molar-refractivity contribution in [2.45, 2.75) is 34.1 Å². The topological polar surface area (TPSA) is 57.2 Å². The average Bonchev–Trinajstić information content (AvgIpc) is 2.51. The van der Waals surface area contributed by atoms with Crippen LogP contribution in [0.15, 0.2) is 0 Å². The van der Waals surface area contributed by atoms with Crippen molar-refractivity contribution in [1.29, 1.82) is 0 Å². The Kier molecular flexibility index (Phi) is 5.20. The monoisotopic (exact) mass is 292 g/mol. The van der Waals surface area contributed by atoms with E-state index in [9.17, 15) is 0 Å². The second kappa shape index (κ2) is 6.91. The molecule has 2 unspecified atom stereocenters. The summed E-state index contributed by atoms with van der Waals surface area (Å²) in [6.07, 6.45) is 1.20. The van der Waals surface area contributed by atoms with Gasteiger partial charge >= 0.3 is 0 Å². The molecule has 2 rings (SSSR count). The maximum atomic E-state index is 4.70. The highest BCUT2D eigenvalue weighted by Crippen LogP contribution is 2.26. The van der Waals surface area contributed by atoms with Gasteiger partial charge in [-0.2, -0.15) is 15.0 Å². The van der Waals surface area contributed by atoms with Gasteiger partial charge in [-0.25, -0.2) is 0 Å². The molecule has 0 spiro atoms. The minimum absolute atomic E-state index is 0.646. The number of nitrogens with zero attached hydrogens (tertiary/aromatic N) is 5. The fourth-order valence-corrected chi connectivity index (χ4v) is 2.70. The lowest BCUT2D eigenvalue weighted by molar-refractivity contribution is 0.321. The summed E-state index contributed by atoms with van der Waals surface area (Å²) in [5, 5.41) is 3.05. The van der Waals surface area contributed by atoms with Gasteiger partial charge in [-0.15, -0.1) is 0 Å². The maximum Gasteiger partial charge on any atom is 0.231 e. The highest BCUT2D eigenvalue weighted by atomic mass is 15.4. The van der Waals surface area contributed by atoms with Gasteiger partial charge in [0.05, 0.1) is 0 Å². The van der Waals surface area contributed by atoms with Crippen LogP contribution in [0.3, 0.4) is 0 Å². The first-order chi connectivity index (χ1) is 10.1. The van der Waals surface area contributed by atoms with E-state index in [1.54, 1.807) is 0 Å². The van der Waals surface area contributed by atoms with Crippen LogP contribution in [0.5, 0.6) is 0 Å². The molecule has 0 bridgehead atoms. The molecule has 1 aromatic rings. The predicted molar refractivity (Wildman–Crippen MR) is 88.1 cm³/mol. The van der Waals surface area contributed by atoms with Gasteiger partial charge in [-0.05, 0) is 32.1 Å². The molecule has 1 aliphatic heterocycles. The molecule has 1 fully saturated rings.